The third-order valence-corrected chi connectivity index (χ3v) is 3.30. The summed E-state index contributed by atoms with van der Waals surface area (Å²) in [7, 11) is 0. The quantitative estimate of drug-likeness (QED) is 0.918. The van der Waals surface area contributed by atoms with Crippen molar-refractivity contribution in [2.24, 2.45) is 0 Å². The molecule has 0 aliphatic carbocycles. The number of hydrogen-bond donors (Lipinski definition) is 1. The van der Waals surface area contributed by atoms with Crippen LogP contribution in [-0.4, -0.2) is 20.9 Å². The molecule has 100 valence electrons. The van der Waals surface area contributed by atoms with E-state index in [2.05, 4.69) is 21.0 Å². The van der Waals surface area contributed by atoms with E-state index in [1.165, 1.54) is 0 Å². The maximum Gasteiger partial charge on any atom is 0.356 e. The second kappa shape index (κ2) is 4.81. The smallest absolute Gasteiger partial charge is 0.356 e. The number of benzene rings is 1. The highest BCUT2D eigenvalue weighted by Crippen LogP contribution is 2.26. The standard InChI is InChI=1S/C14H15BrN2O2/c1-14(2,3)12-8-11(13(18)19)16-17(12)10-6-4-9(15)5-7-10/h4-8H,1-3H3,(H,18,19). The molecule has 19 heavy (non-hydrogen) atoms. The number of carbonyl (C=O) groups is 1. The van der Waals surface area contributed by atoms with E-state index in [-0.39, 0.29) is 11.1 Å². The summed E-state index contributed by atoms with van der Waals surface area (Å²) in [6, 6.07) is 9.24. The Morgan fingerprint density at radius 2 is 1.84 bits per heavy atom. The summed E-state index contributed by atoms with van der Waals surface area (Å²) in [4.78, 5) is 11.1. The fourth-order valence-corrected chi connectivity index (χ4v) is 2.06. The molecule has 0 atom stereocenters. The number of aromatic carboxylic acids is 1. The molecule has 1 aromatic carbocycles. The van der Waals surface area contributed by atoms with Gasteiger partial charge < -0.3 is 5.11 Å². The van der Waals surface area contributed by atoms with E-state index in [1.807, 2.05) is 45.0 Å². The maximum atomic E-state index is 11.1. The minimum atomic E-state index is -1.01. The van der Waals surface area contributed by atoms with Gasteiger partial charge in [0.15, 0.2) is 5.69 Å². The molecule has 0 saturated heterocycles. The zero-order chi connectivity index (χ0) is 14.2. The van der Waals surface area contributed by atoms with E-state index in [9.17, 15) is 4.79 Å². The van der Waals surface area contributed by atoms with Crippen molar-refractivity contribution in [3.63, 3.8) is 0 Å². The van der Waals surface area contributed by atoms with E-state index in [0.29, 0.717) is 0 Å². The first-order valence-corrected chi connectivity index (χ1v) is 6.68. The lowest BCUT2D eigenvalue weighted by Gasteiger charge is -2.20. The summed E-state index contributed by atoms with van der Waals surface area (Å²) in [5.41, 5.74) is 1.59. The van der Waals surface area contributed by atoms with Gasteiger partial charge in [-0.05, 0) is 30.3 Å². The molecule has 0 aliphatic heterocycles. The van der Waals surface area contributed by atoms with Crippen LogP contribution in [-0.2, 0) is 5.41 Å². The third kappa shape index (κ3) is 2.87. The monoisotopic (exact) mass is 322 g/mol. The van der Waals surface area contributed by atoms with Gasteiger partial charge in [-0.25, -0.2) is 9.48 Å². The van der Waals surface area contributed by atoms with Crippen molar-refractivity contribution in [2.75, 3.05) is 0 Å². The van der Waals surface area contributed by atoms with Crippen LogP contribution in [0.1, 0.15) is 37.0 Å². The van der Waals surface area contributed by atoms with Crippen LogP contribution in [0.4, 0.5) is 0 Å². The normalized spacial score (nSPS) is 11.6. The molecular weight excluding hydrogens is 308 g/mol. The van der Waals surface area contributed by atoms with Gasteiger partial charge in [0.1, 0.15) is 0 Å². The molecule has 1 aromatic heterocycles. The molecule has 0 bridgehead atoms. The Labute approximate surface area is 120 Å². The van der Waals surface area contributed by atoms with Crippen molar-refractivity contribution in [3.05, 3.63) is 46.2 Å². The average Bonchev–Trinajstić information content (AvgIpc) is 2.74. The fourth-order valence-electron chi connectivity index (χ4n) is 1.80. The molecule has 0 amide bonds. The lowest BCUT2D eigenvalue weighted by atomic mass is 9.91. The van der Waals surface area contributed by atoms with E-state index in [0.717, 1.165) is 15.9 Å². The highest BCUT2D eigenvalue weighted by Gasteiger charge is 2.23. The Kier molecular flexibility index (Phi) is 3.49. The summed E-state index contributed by atoms with van der Waals surface area (Å²) in [6.07, 6.45) is 0. The molecule has 0 radical (unpaired) electrons. The molecule has 0 fully saturated rings. The summed E-state index contributed by atoms with van der Waals surface area (Å²) < 4.78 is 2.66. The molecule has 2 aromatic rings. The Bertz CT molecular complexity index is 609. The molecule has 0 aliphatic rings. The second-order valence-corrected chi connectivity index (χ2v) is 6.27. The molecular formula is C14H15BrN2O2. The molecule has 0 unspecified atom stereocenters. The molecule has 5 heteroatoms. The predicted octanol–water partition coefficient (Wildman–Crippen LogP) is 3.63. The Balaban J connectivity index is 2.61. The highest BCUT2D eigenvalue weighted by atomic mass is 79.9. The number of carboxylic acid groups (broad SMARTS) is 1. The van der Waals surface area contributed by atoms with Crippen LogP contribution in [0.3, 0.4) is 0 Å². The third-order valence-electron chi connectivity index (χ3n) is 2.77. The van der Waals surface area contributed by atoms with Crippen molar-refractivity contribution >= 4 is 21.9 Å². The van der Waals surface area contributed by atoms with Crippen LogP contribution >= 0.6 is 15.9 Å². The Morgan fingerprint density at radius 1 is 1.26 bits per heavy atom. The molecule has 2 rings (SSSR count). The minimum Gasteiger partial charge on any atom is -0.476 e. The van der Waals surface area contributed by atoms with Crippen LogP contribution in [0.25, 0.3) is 5.69 Å². The van der Waals surface area contributed by atoms with Gasteiger partial charge in [-0.3, -0.25) is 0 Å². The number of carboxylic acids is 1. The SMILES string of the molecule is CC(C)(C)c1cc(C(=O)O)nn1-c1ccc(Br)cc1. The van der Waals surface area contributed by atoms with Crippen molar-refractivity contribution in [1.29, 1.82) is 0 Å². The predicted molar refractivity (Wildman–Crippen MR) is 76.9 cm³/mol. The van der Waals surface area contributed by atoms with Crippen molar-refractivity contribution < 1.29 is 9.90 Å². The molecule has 1 heterocycles. The van der Waals surface area contributed by atoms with Gasteiger partial charge in [0.2, 0.25) is 0 Å². The molecule has 4 nitrogen and oxygen atoms in total. The van der Waals surface area contributed by atoms with Gasteiger partial charge in [0, 0.05) is 9.89 Å². The lowest BCUT2D eigenvalue weighted by Crippen LogP contribution is -2.17. The number of hydrogen-bond acceptors (Lipinski definition) is 2. The van der Waals surface area contributed by atoms with Crippen molar-refractivity contribution in [3.8, 4) is 5.69 Å². The zero-order valence-corrected chi connectivity index (χ0v) is 12.6. The van der Waals surface area contributed by atoms with Crippen LogP contribution in [0.5, 0.6) is 0 Å². The maximum absolute atomic E-state index is 11.1. The average molecular weight is 323 g/mol. The van der Waals surface area contributed by atoms with Gasteiger partial charge in [-0.15, -0.1) is 0 Å². The zero-order valence-electron chi connectivity index (χ0n) is 11.0. The van der Waals surface area contributed by atoms with E-state index >= 15 is 0 Å². The van der Waals surface area contributed by atoms with Gasteiger partial charge in [-0.1, -0.05) is 36.7 Å². The first-order valence-electron chi connectivity index (χ1n) is 5.89. The second-order valence-electron chi connectivity index (χ2n) is 5.36. The van der Waals surface area contributed by atoms with E-state index in [4.69, 9.17) is 5.11 Å². The van der Waals surface area contributed by atoms with E-state index < -0.39 is 5.97 Å². The van der Waals surface area contributed by atoms with Crippen LogP contribution < -0.4 is 0 Å². The summed E-state index contributed by atoms with van der Waals surface area (Å²) in [6.45, 7) is 6.10. The van der Waals surface area contributed by atoms with Gasteiger partial charge in [0.25, 0.3) is 0 Å². The van der Waals surface area contributed by atoms with Gasteiger partial charge in [-0.2, -0.15) is 5.10 Å². The van der Waals surface area contributed by atoms with Gasteiger partial charge >= 0.3 is 5.97 Å². The summed E-state index contributed by atoms with van der Waals surface area (Å²) in [5.74, 6) is -1.01. The Hall–Kier alpha value is -1.62. The largest absolute Gasteiger partial charge is 0.476 e. The molecule has 1 N–H and O–H groups in total. The lowest BCUT2D eigenvalue weighted by molar-refractivity contribution is 0.0690. The number of halogens is 1. The fraction of sp³-hybridized carbons (Fsp3) is 0.286. The minimum absolute atomic E-state index is 0.0628. The Morgan fingerprint density at radius 3 is 2.32 bits per heavy atom. The van der Waals surface area contributed by atoms with Crippen molar-refractivity contribution in [1.82, 2.24) is 9.78 Å². The molecule has 0 spiro atoms. The number of rotatable bonds is 2. The highest BCUT2D eigenvalue weighted by molar-refractivity contribution is 9.10. The first kappa shape index (κ1) is 13.8. The van der Waals surface area contributed by atoms with Gasteiger partial charge in [0.05, 0.1) is 11.4 Å². The first-order chi connectivity index (χ1) is 8.79. The van der Waals surface area contributed by atoms with Crippen LogP contribution in [0.15, 0.2) is 34.8 Å². The molecule has 0 saturated carbocycles. The topological polar surface area (TPSA) is 55.1 Å². The summed E-state index contributed by atoms with van der Waals surface area (Å²) >= 11 is 3.38. The van der Waals surface area contributed by atoms with E-state index in [1.54, 1.807) is 10.7 Å². The summed E-state index contributed by atoms with van der Waals surface area (Å²) in [5, 5.41) is 13.3. The van der Waals surface area contributed by atoms with Crippen LogP contribution in [0.2, 0.25) is 0 Å². The number of aromatic nitrogens is 2. The number of nitrogens with zero attached hydrogens (tertiary/aromatic N) is 2. The van der Waals surface area contributed by atoms with Crippen molar-refractivity contribution in [2.45, 2.75) is 26.2 Å². The van der Waals surface area contributed by atoms with Crippen LogP contribution in [0, 0.1) is 0 Å².